The van der Waals surface area contributed by atoms with E-state index in [1.807, 2.05) is 32.1 Å². The first-order valence-corrected chi connectivity index (χ1v) is 8.74. The second-order valence-electron chi connectivity index (χ2n) is 6.84. The average Bonchev–Trinajstić information content (AvgIpc) is 2.96. The highest BCUT2D eigenvalue weighted by Gasteiger charge is 2.72. The lowest BCUT2D eigenvalue weighted by Gasteiger charge is -2.45. The lowest BCUT2D eigenvalue weighted by atomic mass is 9.59. The van der Waals surface area contributed by atoms with Crippen LogP contribution in [0.4, 0.5) is 0 Å². The number of ether oxygens (including phenoxy) is 3. The second kappa shape index (κ2) is 5.18. The Morgan fingerprint density at radius 2 is 2.04 bits per heavy atom. The van der Waals surface area contributed by atoms with E-state index in [-0.39, 0.29) is 17.9 Å². The predicted molar refractivity (Wildman–Crippen MR) is 87.0 cm³/mol. The summed E-state index contributed by atoms with van der Waals surface area (Å²) in [5.41, 5.74) is -1.52. The largest absolute Gasteiger partial charge is 0.469 e. The van der Waals surface area contributed by atoms with Crippen LogP contribution in [0.3, 0.4) is 0 Å². The van der Waals surface area contributed by atoms with Gasteiger partial charge in [-0.1, -0.05) is 34.2 Å². The van der Waals surface area contributed by atoms with E-state index in [0.29, 0.717) is 17.3 Å². The Bertz CT molecular complexity index is 626. The molecule has 23 heavy (non-hydrogen) atoms. The van der Waals surface area contributed by atoms with Crippen molar-refractivity contribution in [2.45, 2.75) is 31.5 Å². The Labute approximate surface area is 144 Å². The van der Waals surface area contributed by atoms with Gasteiger partial charge < -0.3 is 14.2 Å². The molecule has 1 heterocycles. The molecule has 0 radical (unpaired) electrons. The van der Waals surface area contributed by atoms with Gasteiger partial charge in [-0.3, -0.25) is 4.79 Å². The number of esters is 2. The summed E-state index contributed by atoms with van der Waals surface area (Å²) in [6.45, 7) is 3.93. The zero-order chi connectivity index (χ0) is 17.0. The van der Waals surface area contributed by atoms with Crippen LogP contribution in [0.1, 0.15) is 20.3 Å². The van der Waals surface area contributed by atoms with Gasteiger partial charge >= 0.3 is 11.9 Å². The topological polar surface area (TPSA) is 61.8 Å². The monoisotopic (exact) mass is 384 g/mol. The van der Waals surface area contributed by atoms with Crippen LogP contribution in [0, 0.1) is 17.3 Å². The molecule has 0 saturated carbocycles. The molecule has 0 aromatic rings. The molecule has 2 aliphatic carbocycles. The van der Waals surface area contributed by atoms with Crippen LogP contribution in [0.25, 0.3) is 0 Å². The van der Waals surface area contributed by atoms with Gasteiger partial charge in [0.2, 0.25) is 0 Å². The van der Waals surface area contributed by atoms with E-state index in [2.05, 4.69) is 15.9 Å². The van der Waals surface area contributed by atoms with Crippen molar-refractivity contribution in [2.75, 3.05) is 19.5 Å². The summed E-state index contributed by atoms with van der Waals surface area (Å²) in [7, 11) is 2.76. The van der Waals surface area contributed by atoms with Gasteiger partial charge in [0.25, 0.3) is 0 Å². The van der Waals surface area contributed by atoms with Gasteiger partial charge in [-0.2, -0.15) is 0 Å². The molecule has 0 amide bonds. The predicted octanol–water partition coefficient (Wildman–Crippen LogP) is 2.39. The van der Waals surface area contributed by atoms with Crippen molar-refractivity contribution >= 4 is 27.9 Å². The van der Waals surface area contributed by atoms with E-state index in [9.17, 15) is 9.59 Å². The summed E-state index contributed by atoms with van der Waals surface area (Å²) >= 11 is 3.52. The van der Waals surface area contributed by atoms with E-state index >= 15 is 0 Å². The number of rotatable bonds is 3. The van der Waals surface area contributed by atoms with Crippen molar-refractivity contribution in [3.8, 4) is 0 Å². The highest BCUT2D eigenvalue weighted by atomic mass is 79.9. The van der Waals surface area contributed by atoms with Crippen molar-refractivity contribution in [2.24, 2.45) is 17.3 Å². The summed E-state index contributed by atoms with van der Waals surface area (Å²) in [6, 6.07) is 0. The van der Waals surface area contributed by atoms with Crippen LogP contribution in [0.2, 0.25) is 0 Å². The minimum absolute atomic E-state index is 0.104. The fraction of sp³-hybridized carbons (Fsp3) is 0.647. The molecule has 5 nitrogen and oxygen atoms in total. The molecule has 3 rings (SSSR count). The lowest BCUT2D eigenvalue weighted by molar-refractivity contribution is -0.165. The number of alkyl halides is 1. The molecular weight excluding hydrogens is 364 g/mol. The molecule has 1 aliphatic heterocycles. The Kier molecular flexibility index (Phi) is 3.76. The Balaban J connectivity index is 2.16. The fourth-order valence-electron chi connectivity index (χ4n) is 4.52. The number of hydrogen-bond acceptors (Lipinski definition) is 5. The van der Waals surface area contributed by atoms with Crippen molar-refractivity contribution < 1.29 is 23.8 Å². The summed E-state index contributed by atoms with van der Waals surface area (Å²) in [4.78, 5) is 24.8. The van der Waals surface area contributed by atoms with E-state index in [4.69, 9.17) is 14.2 Å². The van der Waals surface area contributed by atoms with Crippen LogP contribution in [-0.2, 0) is 23.8 Å². The van der Waals surface area contributed by atoms with Gasteiger partial charge in [0, 0.05) is 22.2 Å². The van der Waals surface area contributed by atoms with Crippen molar-refractivity contribution in [3.05, 3.63) is 23.8 Å². The molecule has 0 aromatic heterocycles. The summed E-state index contributed by atoms with van der Waals surface area (Å²) in [5.74, 6) is -1.24. The molecular formula is C17H21BrO5. The maximum Gasteiger partial charge on any atom is 0.334 e. The quantitative estimate of drug-likeness (QED) is 0.424. The summed E-state index contributed by atoms with van der Waals surface area (Å²) in [6.07, 6.45) is 6.32. The number of methoxy groups -OCH3 is 2. The van der Waals surface area contributed by atoms with Crippen molar-refractivity contribution in [3.63, 3.8) is 0 Å². The van der Waals surface area contributed by atoms with Crippen LogP contribution in [-0.4, -0.2) is 42.7 Å². The zero-order valence-electron chi connectivity index (χ0n) is 13.7. The van der Waals surface area contributed by atoms with Gasteiger partial charge in [0.15, 0.2) is 0 Å². The molecule has 0 unspecified atom stereocenters. The lowest BCUT2D eigenvalue weighted by Crippen LogP contribution is -2.53. The van der Waals surface area contributed by atoms with E-state index < -0.39 is 22.5 Å². The molecule has 1 saturated heterocycles. The molecule has 1 fully saturated rings. The first-order valence-electron chi connectivity index (χ1n) is 7.62. The van der Waals surface area contributed by atoms with Gasteiger partial charge in [-0.05, 0) is 20.3 Å². The third kappa shape index (κ3) is 1.88. The van der Waals surface area contributed by atoms with Gasteiger partial charge in [-0.25, -0.2) is 4.79 Å². The first kappa shape index (κ1) is 16.7. The minimum Gasteiger partial charge on any atom is -0.469 e. The number of hydrogen-bond donors (Lipinski definition) is 0. The van der Waals surface area contributed by atoms with Crippen LogP contribution < -0.4 is 0 Å². The molecule has 2 bridgehead atoms. The molecule has 126 valence electrons. The molecule has 6 heteroatoms. The third-order valence-electron chi connectivity index (χ3n) is 5.79. The molecule has 5 atom stereocenters. The second-order valence-corrected chi connectivity index (χ2v) is 7.40. The van der Waals surface area contributed by atoms with Crippen molar-refractivity contribution in [1.29, 1.82) is 0 Å². The highest BCUT2D eigenvalue weighted by Crippen LogP contribution is 2.66. The Hall–Kier alpha value is -1.14. The average molecular weight is 385 g/mol. The number of carbonyl (C=O) groups is 2. The third-order valence-corrected chi connectivity index (χ3v) is 6.91. The van der Waals surface area contributed by atoms with Crippen LogP contribution >= 0.6 is 15.9 Å². The van der Waals surface area contributed by atoms with Gasteiger partial charge in [0.05, 0.1) is 31.3 Å². The SMILES string of the molecule is COC(=O)C1=CC[C@]23O[C@](C)(CBr)[C@H](C=C[C@@]12C)[C@@H]3C(=O)OC. The smallest absolute Gasteiger partial charge is 0.334 e. The first-order chi connectivity index (χ1) is 10.8. The number of carbonyl (C=O) groups excluding carboxylic acids is 2. The maximum absolute atomic E-state index is 12.6. The maximum atomic E-state index is 12.6. The van der Waals surface area contributed by atoms with Gasteiger partial charge in [0.1, 0.15) is 0 Å². The normalized spacial score (nSPS) is 43.8. The molecule has 3 aliphatic rings. The van der Waals surface area contributed by atoms with E-state index in [1.165, 1.54) is 14.2 Å². The van der Waals surface area contributed by atoms with Crippen LogP contribution in [0.15, 0.2) is 23.8 Å². The molecule has 0 aromatic carbocycles. The number of halogens is 1. The number of fused-ring (bicyclic) bond motifs is 1. The fourth-order valence-corrected chi connectivity index (χ4v) is 5.01. The standard InChI is InChI=1S/C17H21BrO5/c1-15-7-5-10-12(14(20)22-4)17(15,23-16(10,2)9-18)8-6-11(15)13(19)21-3/h5-7,10,12H,8-9H2,1-4H3/t10-,12-,15+,16-,17-/m1/s1. The van der Waals surface area contributed by atoms with Crippen LogP contribution in [0.5, 0.6) is 0 Å². The van der Waals surface area contributed by atoms with E-state index in [1.54, 1.807) is 0 Å². The minimum atomic E-state index is -0.814. The Morgan fingerprint density at radius 1 is 1.35 bits per heavy atom. The molecule has 0 N–H and O–H groups in total. The Morgan fingerprint density at radius 3 is 2.61 bits per heavy atom. The zero-order valence-corrected chi connectivity index (χ0v) is 15.3. The molecule has 1 spiro atoms. The van der Waals surface area contributed by atoms with Crippen molar-refractivity contribution in [1.82, 2.24) is 0 Å². The summed E-state index contributed by atoms with van der Waals surface area (Å²) in [5, 5.41) is 0.591. The van der Waals surface area contributed by atoms with Gasteiger partial charge in [-0.15, -0.1) is 0 Å². The summed E-state index contributed by atoms with van der Waals surface area (Å²) < 4.78 is 16.5. The van der Waals surface area contributed by atoms with E-state index in [0.717, 1.165) is 0 Å². The highest BCUT2D eigenvalue weighted by molar-refractivity contribution is 9.09.